The SMILES string of the molecule is COC(=O)c1ccc(N2C(=O)[C@H]3C[C@@H](Br)[C@@H](Br)C[C@@H]3C2=O)cc1. The fraction of sp³-hybridized carbons (Fsp3) is 0.438. The highest BCUT2D eigenvalue weighted by molar-refractivity contribution is 9.12. The summed E-state index contributed by atoms with van der Waals surface area (Å²) in [5, 5.41) is 0. The van der Waals surface area contributed by atoms with Crippen molar-refractivity contribution in [2.45, 2.75) is 22.5 Å². The molecule has 1 aliphatic carbocycles. The van der Waals surface area contributed by atoms with Crippen LogP contribution in [0.4, 0.5) is 5.69 Å². The number of hydrogen-bond acceptors (Lipinski definition) is 4. The summed E-state index contributed by atoms with van der Waals surface area (Å²) in [7, 11) is 1.31. The van der Waals surface area contributed by atoms with Gasteiger partial charge >= 0.3 is 5.97 Å². The number of imide groups is 1. The molecule has 1 saturated carbocycles. The Bertz CT molecular complexity index is 633. The molecule has 3 rings (SSSR count). The second kappa shape index (κ2) is 6.36. The molecule has 23 heavy (non-hydrogen) atoms. The normalized spacial score (nSPS) is 30.3. The lowest BCUT2D eigenvalue weighted by atomic mass is 9.81. The molecular weight excluding hydrogens is 430 g/mol. The number of carbonyl (C=O) groups is 3. The fourth-order valence-corrected chi connectivity index (χ4v) is 4.45. The largest absolute Gasteiger partial charge is 0.465 e. The summed E-state index contributed by atoms with van der Waals surface area (Å²) in [5.41, 5.74) is 0.883. The minimum absolute atomic E-state index is 0.158. The number of alkyl halides is 2. The van der Waals surface area contributed by atoms with Crippen LogP contribution in [0.5, 0.6) is 0 Å². The van der Waals surface area contributed by atoms with Gasteiger partial charge in [-0.2, -0.15) is 0 Å². The van der Waals surface area contributed by atoms with Gasteiger partial charge in [0.2, 0.25) is 11.8 Å². The Morgan fingerprint density at radius 3 is 1.96 bits per heavy atom. The number of carbonyl (C=O) groups excluding carboxylic acids is 3. The molecule has 5 nitrogen and oxygen atoms in total. The third kappa shape index (κ3) is 2.85. The molecule has 2 amide bonds. The summed E-state index contributed by atoms with van der Waals surface area (Å²) in [4.78, 5) is 38.4. The Morgan fingerprint density at radius 2 is 1.52 bits per heavy atom. The van der Waals surface area contributed by atoms with Gasteiger partial charge in [0.25, 0.3) is 0 Å². The fourth-order valence-electron chi connectivity index (χ4n) is 3.21. The van der Waals surface area contributed by atoms with E-state index in [4.69, 9.17) is 0 Å². The summed E-state index contributed by atoms with van der Waals surface area (Å²) in [5.74, 6) is -1.32. The molecule has 1 aliphatic heterocycles. The first-order valence-corrected chi connectivity index (χ1v) is 9.11. The molecule has 0 bridgehead atoms. The lowest BCUT2D eigenvalue weighted by Gasteiger charge is -2.29. The van der Waals surface area contributed by atoms with E-state index in [1.54, 1.807) is 24.3 Å². The number of nitrogens with zero attached hydrogens (tertiary/aromatic N) is 1. The van der Waals surface area contributed by atoms with Crippen LogP contribution in [-0.4, -0.2) is 34.5 Å². The van der Waals surface area contributed by atoms with Crippen molar-refractivity contribution < 1.29 is 19.1 Å². The van der Waals surface area contributed by atoms with Crippen LogP contribution in [0.1, 0.15) is 23.2 Å². The number of hydrogen-bond donors (Lipinski definition) is 0. The molecule has 1 saturated heterocycles. The molecule has 2 fully saturated rings. The zero-order chi connectivity index (χ0) is 16.7. The van der Waals surface area contributed by atoms with Crippen LogP contribution in [0.2, 0.25) is 0 Å². The van der Waals surface area contributed by atoms with Crippen molar-refractivity contribution in [2.24, 2.45) is 11.8 Å². The van der Waals surface area contributed by atoms with E-state index in [9.17, 15) is 14.4 Å². The van der Waals surface area contributed by atoms with E-state index in [2.05, 4.69) is 36.6 Å². The van der Waals surface area contributed by atoms with Gasteiger partial charge in [-0.3, -0.25) is 14.5 Å². The monoisotopic (exact) mass is 443 g/mol. The standard InChI is InChI=1S/C16H15Br2NO4/c1-23-16(22)8-2-4-9(5-3-8)19-14(20)10-6-12(17)13(18)7-11(10)15(19)21/h2-5,10-13H,6-7H2,1H3/t10-,11-,12-,13+/m0/s1. The molecule has 122 valence electrons. The summed E-state index contributed by atoms with van der Waals surface area (Å²) in [6.45, 7) is 0. The van der Waals surface area contributed by atoms with Crippen molar-refractivity contribution in [2.75, 3.05) is 12.0 Å². The number of methoxy groups -OCH3 is 1. The van der Waals surface area contributed by atoms with E-state index in [0.29, 0.717) is 24.1 Å². The van der Waals surface area contributed by atoms with Crippen LogP contribution < -0.4 is 4.90 Å². The molecule has 0 radical (unpaired) electrons. The van der Waals surface area contributed by atoms with Gasteiger partial charge in [-0.15, -0.1) is 0 Å². The first-order chi connectivity index (χ1) is 10.9. The van der Waals surface area contributed by atoms with Gasteiger partial charge in [0, 0.05) is 9.65 Å². The maximum absolute atomic E-state index is 12.7. The smallest absolute Gasteiger partial charge is 0.337 e. The average molecular weight is 445 g/mol. The Kier molecular flexibility index (Phi) is 4.60. The van der Waals surface area contributed by atoms with Crippen LogP contribution in [0.15, 0.2) is 24.3 Å². The minimum atomic E-state index is -0.450. The molecule has 4 atom stereocenters. The van der Waals surface area contributed by atoms with Crippen molar-refractivity contribution in [3.05, 3.63) is 29.8 Å². The van der Waals surface area contributed by atoms with Crippen molar-refractivity contribution in [1.29, 1.82) is 0 Å². The van der Waals surface area contributed by atoms with E-state index in [0.717, 1.165) is 0 Å². The second-order valence-corrected chi connectivity index (χ2v) is 8.12. The molecule has 0 aromatic heterocycles. The Morgan fingerprint density at radius 1 is 1.04 bits per heavy atom. The van der Waals surface area contributed by atoms with Crippen molar-refractivity contribution in [1.82, 2.24) is 0 Å². The first-order valence-electron chi connectivity index (χ1n) is 7.28. The van der Waals surface area contributed by atoms with Gasteiger partial charge in [-0.25, -0.2) is 4.79 Å². The number of fused-ring (bicyclic) bond motifs is 1. The van der Waals surface area contributed by atoms with Crippen LogP contribution >= 0.6 is 31.9 Å². The number of esters is 1. The van der Waals surface area contributed by atoms with E-state index in [-0.39, 0.29) is 33.3 Å². The van der Waals surface area contributed by atoms with Crippen LogP contribution in [-0.2, 0) is 14.3 Å². The van der Waals surface area contributed by atoms with Gasteiger partial charge in [-0.05, 0) is 37.1 Å². The molecular formula is C16H15Br2NO4. The van der Waals surface area contributed by atoms with Crippen LogP contribution in [0.3, 0.4) is 0 Å². The number of anilines is 1. The van der Waals surface area contributed by atoms with Crippen molar-refractivity contribution in [3.8, 4) is 0 Å². The van der Waals surface area contributed by atoms with Crippen LogP contribution in [0, 0.1) is 11.8 Å². The minimum Gasteiger partial charge on any atom is -0.465 e. The van der Waals surface area contributed by atoms with Gasteiger partial charge in [0.15, 0.2) is 0 Å². The zero-order valence-electron chi connectivity index (χ0n) is 12.4. The maximum Gasteiger partial charge on any atom is 0.337 e. The number of ether oxygens (including phenoxy) is 1. The topological polar surface area (TPSA) is 63.7 Å². The van der Waals surface area contributed by atoms with E-state index >= 15 is 0 Å². The number of halogens is 2. The quantitative estimate of drug-likeness (QED) is 0.399. The number of rotatable bonds is 2. The van der Waals surface area contributed by atoms with E-state index in [1.165, 1.54) is 12.0 Å². The highest BCUT2D eigenvalue weighted by atomic mass is 79.9. The average Bonchev–Trinajstić information content (AvgIpc) is 2.78. The molecule has 2 aliphatic rings. The van der Waals surface area contributed by atoms with E-state index < -0.39 is 5.97 Å². The lowest BCUT2D eigenvalue weighted by Crippen LogP contribution is -2.34. The van der Waals surface area contributed by atoms with E-state index in [1.807, 2.05) is 0 Å². The molecule has 0 N–H and O–H groups in total. The van der Waals surface area contributed by atoms with Gasteiger partial charge in [0.1, 0.15) is 0 Å². The second-order valence-electron chi connectivity index (χ2n) is 5.77. The molecule has 0 unspecified atom stereocenters. The molecule has 1 heterocycles. The Hall–Kier alpha value is -1.21. The predicted molar refractivity (Wildman–Crippen MR) is 91.9 cm³/mol. The summed E-state index contributed by atoms with van der Waals surface area (Å²) >= 11 is 7.13. The maximum atomic E-state index is 12.7. The summed E-state index contributed by atoms with van der Waals surface area (Å²) in [6, 6.07) is 6.34. The zero-order valence-corrected chi connectivity index (χ0v) is 15.5. The number of benzene rings is 1. The third-order valence-electron chi connectivity index (χ3n) is 4.46. The first kappa shape index (κ1) is 16.6. The van der Waals surface area contributed by atoms with Crippen molar-refractivity contribution in [3.63, 3.8) is 0 Å². The molecule has 1 aromatic carbocycles. The van der Waals surface area contributed by atoms with Crippen molar-refractivity contribution >= 4 is 55.3 Å². The third-order valence-corrected chi connectivity index (χ3v) is 7.19. The molecule has 7 heteroatoms. The highest BCUT2D eigenvalue weighted by Gasteiger charge is 2.52. The molecule has 1 aromatic rings. The predicted octanol–water partition coefficient (Wildman–Crippen LogP) is 2.90. The van der Waals surface area contributed by atoms with Gasteiger partial charge < -0.3 is 4.74 Å². The summed E-state index contributed by atoms with van der Waals surface area (Å²) in [6.07, 6.45) is 1.28. The highest BCUT2D eigenvalue weighted by Crippen LogP contribution is 2.44. The van der Waals surface area contributed by atoms with Crippen LogP contribution in [0.25, 0.3) is 0 Å². The molecule has 0 spiro atoms. The Labute approximate surface area is 150 Å². The summed E-state index contributed by atoms with van der Waals surface area (Å²) < 4.78 is 4.65. The van der Waals surface area contributed by atoms with Gasteiger partial charge in [-0.1, -0.05) is 31.9 Å². The Balaban J connectivity index is 1.87. The number of amides is 2. The lowest BCUT2D eigenvalue weighted by molar-refractivity contribution is -0.122. The van der Waals surface area contributed by atoms with Gasteiger partial charge in [0.05, 0.1) is 30.2 Å².